The second-order valence-corrected chi connectivity index (χ2v) is 6.29. The fourth-order valence-corrected chi connectivity index (χ4v) is 1.92. The molecule has 1 nitrogen and oxygen atoms in total. The van der Waals surface area contributed by atoms with Crippen LogP contribution in [0.2, 0.25) is 0 Å². The molecular formula is C20H34O. The molecule has 0 amide bonds. The highest BCUT2D eigenvalue weighted by molar-refractivity contribution is 5.03. The van der Waals surface area contributed by atoms with Gasteiger partial charge in [0.1, 0.15) is 0 Å². The molecule has 0 radical (unpaired) electrons. The number of unbranched alkanes of at least 4 members (excludes halogenated alkanes) is 1. The SMILES string of the molecule is C=C(C)CCCC=C(C)COCC=C(C)CCC=C(C)C. The van der Waals surface area contributed by atoms with Gasteiger partial charge in [-0.2, -0.15) is 0 Å². The molecule has 0 aliphatic rings. The number of hydrogen-bond donors (Lipinski definition) is 0. The van der Waals surface area contributed by atoms with Gasteiger partial charge in [0.15, 0.2) is 0 Å². The second kappa shape index (κ2) is 12.6. The minimum atomic E-state index is 0.720. The molecule has 0 rings (SSSR count). The molecule has 0 saturated carbocycles. The molecule has 0 aromatic heterocycles. The first kappa shape index (κ1) is 19.9. The monoisotopic (exact) mass is 290 g/mol. The molecule has 0 unspecified atom stereocenters. The van der Waals surface area contributed by atoms with Crippen LogP contribution in [0.15, 0.2) is 47.1 Å². The van der Waals surface area contributed by atoms with Crippen molar-refractivity contribution in [1.82, 2.24) is 0 Å². The Hall–Kier alpha value is -1.08. The van der Waals surface area contributed by atoms with Gasteiger partial charge in [0.25, 0.3) is 0 Å². The predicted octanol–water partition coefficient (Wildman–Crippen LogP) is 6.39. The summed E-state index contributed by atoms with van der Waals surface area (Å²) in [5.41, 5.74) is 5.40. The highest BCUT2D eigenvalue weighted by Crippen LogP contribution is 2.08. The minimum absolute atomic E-state index is 0.720. The molecule has 0 aromatic carbocycles. The molecule has 0 aromatic rings. The first-order valence-electron chi connectivity index (χ1n) is 8.08. The van der Waals surface area contributed by atoms with E-state index in [4.69, 9.17) is 4.74 Å². The summed E-state index contributed by atoms with van der Waals surface area (Å²) in [7, 11) is 0. The lowest BCUT2D eigenvalue weighted by atomic mass is 10.1. The van der Waals surface area contributed by atoms with Crippen molar-refractivity contribution in [3.05, 3.63) is 47.1 Å². The molecule has 0 spiro atoms. The van der Waals surface area contributed by atoms with E-state index in [0.717, 1.165) is 38.9 Å². The Morgan fingerprint density at radius 2 is 1.57 bits per heavy atom. The van der Waals surface area contributed by atoms with E-state index in [0.29, 0.717) is 0 Å². The van der Waals surface area contributed by atoms with E-state index in [1.807, 2.05) is 0 Å². The Kier molecular flexibility index (Phi) is 12.0. The van der Waals surface area contributed by atoms with Crippen LogP contribution < -0.4 is 0 Å². The predicted molar refractivity (Wildman–Crippen MR) is 95.7 cm³/mol. The molecule has 21 heavy (non-hydrogen) atoms. The zero-order valence-electron chi connectivity index (χ0n) is 14.8. The Labute approximate surface area is 132 Å². The van der Waals surface area contributed by atoms with E-state index < -0.39 is 0 Å². The fourth-order valence-electron chi connectivity index (χ4n) is 1.92. The highest BCUT2D eigenvalue weighted by Gasteiger charge is 1.93. The molecule has 0 N–H and O–H groups in total. The van der Waals surface area contributed by atoms with E-state index >= 15 is 0 Å². The van der Waals surface area contributed by atoms with Gasteiger partial charge in [-0.15, -0.1) is 6.58 Å². The average Bonchev–Trinajstić information content (AvgIpc) is 2.39. The third-order valence-corrected chi connectivity index (χ3v) is 3.27. The second-order valence-electron chi connectivity index (χ2n) is 6.29. The molecule has 0 aliphatic carbocycles. The Morgan fingerprint density at radius 1 is 0.857 bits per heavy atom. The summed E-state index contributed by atoms with van der Waals surface area (Å²) in [6, 6.07) is 0. The molecule has 1 heteroatoms. The van der Waals surface area contributed by atoms with Gasteiger partial charge in [-0.3, -0.25) is 0 Å². The van der Waals surface area contributed by atoms with Crippen molar-refractivity contribution >= 4 is 0 Å². The van der Waals surface area contributed by atoms with Crippen LogP contribution in [-0.4, -0.2) is 13.2 Å². The Balaban J connectivity index is 3.74. The van der Waals surface area contributed by atoms with E-state index in [9.17, 15) is 0 Å². The minimum Gasteiger partial charge on any atom is -0.373 e. The van der Waals surface area contributed by atoms with Crippen molar-refractivity contribution in [2.75, 3.05) is 13.2 Å². The van der Waals surface area contributed by atoms with E-state index in [1.165, 1.54) is 28.7 Å². The first-order valence-corrected chi connectivity index (χ1v) is 8.08. The summed E-state index contributed by atoms with van der Waals surface area (Å²) in [6.07, 6.45) is 12.5. The Bertz CT molecular complexity index is 379. The summed E-state index contributed by atoms with van der Waals surface area (Å²) in [4.78, 5) is 0. The van der Waals surface area contributed by atoms with Gasteiger partial charge in [-0.05, 0) is 66.7 Å². The van der Waals surface area contributed by atoms with Crippen molar-refractivity contribution in [2.24, 2.45) is 0 Å². The maximum absolute atomic E-state index is 5.69. The molecule has 0 fully saturated rings. The van der Waals surface area contributed by atoms with Gasteiger partial charge < -0.3 is 4.74 Å². The average molecular weight is 290 g/mol. The van der Waals surface area contributed by atoms with Crippen LogP contribution in [0.5, 0.6) is 0 Å². The highest BCUT2D eigenvalue weighted by atomic mass is 16.5. The van der Waals surface area contributed by atoms with Gasteiger partial charge in [-0.1, -0.05) is 40.5 Å². The summed E-state index contributed by atoms with van der Waals surface area (Å²) >= 11 is 0. The molecule has 120 valence electrons. The topological polar surface area (TPSA) is 9.23 Å². The normalized spacial score (nSPS) is 12.4. The largest absolute Gasteiger partial charge is 0.373 e. The molecule has 0 aliphatic heterocycles. The maximum atomic E-state index is 5.69. The van der Waals surface area contributed by atoms with Crippen LogP contribution in [0.4, 0.5) is 0 Å². The van der Waals surface area contributed by atoms with Gasteiger partial charge >= 0.3 is 0 Å². The van der Waals surface area contributed by atoms with Crippen molar-refractivity contribution < 1.29 is 4.74 Å². The quantitative estimate of drug-likeness (QED) is 0.316. The van der Waals surface area contributed by atoms with Gasteiger partial charge in [0, 0.05) is 0 Å². The number of hydrogen-bond acceptors (Lipinski definition) is 1. The zero-order chi connectivity index (χ0) is 16.1. The number of ether oxygens (including phenoxy) is 1. The van der Waals surface area contributed by atoms with E-state index in [2.05, 4.69) is 59.4 Å². The summed E-state index contributed by atoms with van der Waals surface area (Å²) in [5.74, 6) is 0. The fraction of sp³-hybridized carbons (Fsp3) is 0.600. The summed E-state index contributed by atoms with van der Waals surface area (Å²) < 4.78 is 5.69. The molecule has 0 atom stereocenters. The van der Waals surface area contributed by atoms with E-state index in [-0.39, 0.29) is 0 Å². The van der Waals surface area contributed by atoms with Gasteiger partial charge in [0.2, 0.25) is 0 Å². The van der Waals surface area contributed by atoms with Crippen LogP contribution in [0.25, 0.3) is 0 Å². The zero-order valence-corrected chi connectivity index (χ0v) is 14.8. The van der Waals surface area contributed by atoms with E-state index in [1.54, 1.807) is 0 Å². The van der Waals surface area contributed by atoms with Gasteiger partial charge in [-0.25, -0.2) is 0 Å². The lowest BCUT2D eigenvalue weighted by Gasteiger charge is -2.04. The lowest BCUT2D eigenvalue weighted by Crippen LogP contribution is -1.96. The van der Waals surface area contributed by atoms with Crippen molar-refractivity contribution in [1.29, 1.82) is 0 Å². The maximum Gasteiger partial charge on any atom is 0.0678 e. The third kappa shape index (κ3) is 15.1. The van der Waals surface area contributed by atoms with Crippen molar-refractivity contribution in [3.8, 4) is 0 Å². The smallest absolute Gasteiger partial charge is 0.0678 e. The summed E-state index contributed by atoms with van der Waals surface area (Å²) in [5, 5.41) is 0. The van der Waals surface area contributed by atoms with Crippen LogP contribution >= 0.6 is 0 Å². The third-order valence-electron chi connectivity index (χ3n) is 3.27. The standard InChI is InChI=1S/C20H34O/c1-17(2)10-7-8-12-20(6)16-21-15-14-19(5)13-9-11-18(3)4/h11-12,14H,1,7-10,13,15-16H2,2-6H3. The number of allylic oxidation sites excluding steroid dienone is 5. The Morgan fingerprint density at radius 3 is 2.19 bits per heavy atom. The van der Waals surface area contributed by atoms with Crippen molar-refractivity contribution in [2.45, 2.75) is 66.7 Å². The molecule has 0 heterocycles. The van der Waals surface area contributed by atoms with Crippen molar-refractivity contribution in [3.63, 3.8) is 0 Å². The summed E-state index contributed by atoms with van der Waals surface area (Å²) in [6.45, 7) is 16.1. The molecule has 0 saturated heterocycles. The van der Waals surface area contributed by atoms with Crippen LogP contribution in [0.3, 0.4) is 0 Å². The molecular weight excluding hydrogens is 256 g/mol. The first-order chi connectivity index (χ1) is 9.91. The van der Waals surface area contributed by atoms with Gasteiger partial charge in [0.05, 0.1) is 13.2 Å². The van der Waals surface area contributed by atoms with Crippen LogP contribution in [0.1, 0.15) is 66.7 Å². The molecule has 0 bridgehead atoms. The number of rotatable bonds is 11. The van der Waals surface area contributed by atoms with Crippen LogP contribution in [0, 0.1) is 0 Å². The lowest BCUT2D eigenvalue weighted by molar-refractivity contribution is 0.186. The van der Waals surface area contributed by atoms with Crippen LogP contribution in [-0.2, 0) is 4.74 Å².